The summed E-state index contributed by atoms with van der Waals surface area (Å²) in [5, 5.41) is 0. The number of carbonyl (C=O) groups is 3. The monoisotopic (exact) mass is 446 g/mol. The number of hydrogen-bond acceptors (Lipinski definition) is 4. The number of carbonyl (C=O) groups excluding carboxylic acids is 3. The summed E-state index contributed by atoms with van der Waals surface area (Å²) in [6.07, 6.45) is 3.06. The van der Waals surface area contributed by atoms with Gasteiger partial charge in [0.05, 0.1) is 16.4 Å². The summed E-state index contributed by atoms with van der Waals surface area (Å²) in [4.78, 5) is 43.7. The lowest BCUT2D eigenvalue weighted by atomic mass is 9.35. The van der Waals surface area contributed by atoms with Crippen LogP contribution in [0.2, 0.25) is 0 Å². The molecule has 1 aromatic rings. The maximum absolute atomic E-state index is 14.9. The van der Waals surface area contributed by atoms with Crippen molar-refractivity contribution in [3.05, 3.63) is 48.0 Å². The molecule has 33 heavy (non-hydrogen) atoms. The van der Waals surface area contributed by atoms with Gasteiger partial charge in [0.15, 0.2) is 22.8 Å². The van der Waals surface area contributed by atoms with Gasteiger partial charge >= 0.3 is 0 Å². The van der Waals surface area contributed by atoms with Crippen molar-refractivity contribution < 1.29 is 19.1 Å². The number of ketones is 3. The number of hydrogen-bond donors (Lipinski definition) is 0. The minimum Gasteiger partial charge on any atom is -0.376 e. The summed E-state index contributed by atoms with van der Waals surface area (Å²) in [5.41, 5.74) is -3.10. The molecule has 6 aliphatic rings. The van der Waals surface area contributed by atoms with E-state index in [-0.39, 0.29) is 41.0 Å². The van der Waals surface area contributed by atoms with Crippen LogP contribution in [0.5, 0.6) is 0 Å². The molecule has 4 unspecified atom stereocenters. The van der Waals surface area contributed by atoms with E-state index >= 15 is 0 Å². The van der Waals surface area contributed by atoms with E-state index in [2.05, 4.69) is 34.3 Å². The van der Waals surface area contributed by atoms with Gasteiger partial charge in [-0.15, -0.1) is 0 Å². The van der Waals surface area contributed by atoms with Crippen molar-refractivity contribution in [3.63, 3.8) is 0 Å². The van der Waals surface area contributed by atoms with Gasteiger partial charge in [-0.25, -0.2) is 0 Å². The molecular weight excluding hydrogens is 412 g/mol. The van der Waals surface area contributed by atoms with Crippen molar-refractivity contribution in [2.45, 2.75) is 65.4 Å². The minimum atomic E-state index is -1.60. The fraction of sp³-hybridized carbons (Fsp3) is 0.621. The number of rotatable bonds is 4. The number of ether oxygens (including phenoxy) is 1. The molecule has 5 bridgehead atoms. The van der Waals surface area contributed by atoms with Crippen LogP contribution in [0.25, 0.3) is 0 Å². The van der Waals surface area contributed by atoms with Crippen molar-refractivity contribution in [2.24, 2.45) is 38.9 Å². The molecule has 0 amide bonds. The molecule has 6 fully saturated rings. The van der Waals surface area contributed by atoms with Crippen LogP contribution in [-0.4, -0.2) is 30.1 Å². The largest absolute Gasteiger partial charge is 0.376 e. The molecule has 0 radical (unpaired) electrons. The molecule has 7 rings (SSSR count). The summed E-state index contributed by atoms with van der Waals surface area (Å²) in [5.74, 6) is -0.444. The topological polar surface area (TPSA) is 60.4 Å². The van der Waals surface area contributed by atoms with Crippen LogP contribution in [-0.2, 0) is 14.3 Å². The average molecular weight is 447 g/mol. The van der Waals surface area contributed by atoms with Gasteiger partial charge < -0.3 is 4.74 Å². The van der Waals surface area contributed by atoms with Gasteiger partial charge in [-0.3, -0.25) is 14.4 Å². The van der Waals surface area contributed by atoms with E-state index in [0.717, 1.165) is 12.0 Å². The Labute approximate surface area is 196 Å². The Morgan fingerprint density at radius 3 is 2.30 bits per heavy atom. The number of allylic oxidation sites excluding steroid dienone is 1. The molecule has 7 atom stereocenters. The highest BCUT2D eigenvalue weighted by atomic mass is 16.5. The molecule has 0 aromatic heterocycles. The number of benzene rings is 1. The lowest BCUT2D eigenvalue weighted by Gasteiger charge is -2.67. The van der Waals surface area contributed by atoms with E-state index in [4.69, 9.17) is 4.74 Å². The van der Waals surface area contributed by atoms with Crippen LogP contribution < -0.4 is 0 Å². The van der Waals surface area contributed by atoms with Crippen LogP contribution >= 0.6 is 0 Å². The van der Waals surface area contributed by atoms with E-state index < -0.39 is 27.3 Å². The molecule has 174 valence electrons. The van der Waals surface area contributed by atoms with Crippen LogP contribution in [0, 0.1) is 38.9 Å². The lowest BCUT2D eigenvalue weighted by molar-refractivity contribution is -0.250. The normalized spacial score (nSPS) is 48.3. The van der Waals surface area contributed by atoms with Gasteiger partial charge in [-0.1, -0.05) is 63.3 Å². The fourth-order valence-electron chi connectivity index (χ4n) is 10.6. The predicted molar refractivity (Wildman–Crippen MR) is 125 cm³/mol. The van der Waals surface area contributed by atoms with Crippen LogP contribution in [0.1, 0.15) is 70.2 Å². The van der Waals surface area contributed by atoms with Gasteiger partial charge in [-0.05, 0) is 56.3 Å². The van der Waals surface area contributed by atoms with Crippen molar-refractivity contribution in [3.8, 4) is 0 Å². The molecule has 0 aliphatic heterocycles. The van der Waals surface area contributed by atoms with E-state index in [1.54, 1.807) is 19.2 Å². The molecule has 4 nitrogen and oxygen atoms in total. The first-order chi connectivity index (χ1) is 15.4. The van der Waals surface area contributed by atoms with Crippen molar-refractivity contribution >= 4 is 17.3 Å². The second-order valence-electron chi connectivity index (χ2n) is 12.6. The van der Waals surface area contributed by atoms with Crippen molar-refractivity contribution in [1.82, 2.24) is 0 Å². The maximum atomic E-state index is 14.9. The van der Waals surface area contributed by atoms with E-state index in [1.165, 1.54) is 0 Å². The SMILES string of the molecule is C=C(C)C1CC23C(=O)[C@]4(C(=O)c5ccccc5)C[C@@]5(C)CCC(CC2C1(C)C)(C4=O)[C@@]35OC. The zero-order valence-electron chi connectivity index (χ0n) is 20.4. The first-order valence-corrected chi connectivity index (χ1v) is 12.3. The standard InChI is InChI=1S/C29H34O4/c1-17(2)19-14-28-20(24(19,3)4)15-26-13-12-25(5,29(26,28)33-6)16-27(22(26)31,23(28)32)21(30)18-10-8-7-9-11-18/h7-11,19-20H,1,12-16H2,2-6H3/t19?,20?,25-,26?,27+,28?,29-/m1/s1. The molecule has 6 saturated carbocycles. The van der Waals surface area contributed by atoms with Gasteiger partial charge in [0.25, 0.3) is 0 Å². The molecule has 0 N–H and O–H groups in total. The van der Waals surface area contributed by atoms with Gasteiger partial charge in [0.2, 0.25) is 0 Å². The Balaban J connectivity index is 1.69. The Morgan fingerprint density at radius 1 is 1.03 bits per heavy atom. The number of Topliss-reactive ketones (excluding diaryl/α,β-unsaturated/α-hetero) is 3. The summed E-state index contributed by atoms with van der Waals surface area (Å²) in [6, 6.07) is 8.97. The smallest absolute Gasteiger partial charge is 0.183 e. The fourth-order valence-corrected chi connectivity index (χ4v) is 10.6. The first-order valence-electron chi connectivity index (χ1n) is 12.3. The molecule has 6 aliphatic carbocycles. The van der Waals surface area contributed by atoms with Gasteiger partial charge in [-0.2, -0.15) is 0 Å². The molecule has 0 heterocycles. The highest BCUT2D eigenvalue weighted by Crippen LogP contribution is 2.89. The summed E-state index contributed by atoms with van der Waals surface area (Å²) >= 11 is 0. The molecule has 1 spiro atoms. The second-order valence-corrected chi connectivity index (χ2v) is 12.6. The number of methoxy groups -OCH3 is 1. The third-order valence-electron chi connectivity index (χ3n) is 11.3. The second kappa shape index (κ2) is 5.76. The van der Waals surface area contributed by atoms with E-state index in [0.29, 0.717) is 24.8 Å². The predicted octanol–water partition coefficient (Wildman–Crippen LogP) is 5.21. The molecule has 0 saturated heterocycles. The Hall–Kier alpha value is -2.07. The van der Waals surface area contributed by atoms with Crippen LogP contribution in [0.3, 0.4) is 0 Å². The van der Waals surface area contributed by atoms with E-state index in [9.17, 15) is 14.4 Å². The van der Waals surface area contributed by atoms with Gasteiger partial charge in [0, 0.05) is 18.1 Å². The molecule has 4 heteroatoms. The molecule has 1 aromatic carbocycles. The Morgan fingerprint density at radius 2 is 1.70 bits per heavy atom. The first kappa shape index (κ1) is 21.5. The lowest BCUT2D eigenvalue weighted by Crippen LogP contribution is -2.80. The van der Waals surface area contributed by atoms with E-state index in [1.807, 2.05) is 18.2 Å². The van der Waals surface area contributed by atoms with Crippen molar-refractivity contribution in [1.29, 1.82) is 0 Å². The minimum absolute atomic E-state index is 0.00604. The summed E-state index contributed by atoms with van der Waals surface area (Å²) < 4.78 is 6.55. The third-order valence-corrected chi connectivity index (χ3v) is 11.3. The van der Waals surface area contributed by atoms with Crippen LogP contribution in [0.4, 0.5) is 0 Å². The zero-order chi connectivity index (χ0) is 23.8. The van der Waals surface area contributed by atoms with Gasteiger partial charge in [0.1, 0.15) is 0 Å². The highest BCUT2D eigenvalue weighted by molar-refractivity contribution is 6.34. The highest BCUT2D eigenvalue weighted by Gasteiger charge is 2.97. The summed E-state index contributed by atoms with van der Waals surface area (Å²) in [7, 11) is 1.71. The maximum Gasteiger partial charge on any atom is 0.183 e. The zero-order valence-corrected chi connectivity index (χ0v) is 20.4. The Kier molecular flexibility index (Phi) is 3.75. The average Bonchev–Trinajstić information content (AvgIpc) is 3.26. The van der Waals surface area contributed by atoms with Crippen molar-refractivity contribution in [2.75, 3.05) is 7.11 Å². The third kappa shape index (κ3) is 1.77. The summed E-state index contributed by atoms with van der Waals surface area (Å²) in [6.45, 7) is 13.0. The quantitative estimate of drug-likeness (QED) is 0.362. The van der Waals surface area contributed by atoms with Crippen LogP contribution in [0.15, 0.2) is 42.5 Å². The Bertz CT molecular complexity index is 1150. The molecular formula is C29H34O4.